The molecule has 0 atom stereocenters. The molecule has 0 saturated heterocycles. The van der Waals surface area contributed by atoms with Crippen molar-refractivity contribution in [2.24, 2.45) is 0 Å². The first-order valence-corrected chi connectivity index (χ1v) is 12.1. The molecule has 186 valence electrons. The van der Waals surface area contributed by atoms with E-state index in [4.69, 9.17) is 14.6 Å². The molecule has 1 heterocycles. The van der Waals surface area contributed by atoms with Crippen molar-refractivity contribution in [3.63, 3.8) is 0 Å². The van der Waals surface area contributed by atoms with E-state index in [-0.39, 0.29) is 5.57 Å². The van der Waals surface area contributed by atoms with E-state index in [1.165, 1.54) is 0 Å². The number of aromatic nitrogens is 2. The third kappa shape index (κ3) is 6.06. The number of rotatable bonds is 9. The number of carbonyl (C=O) groups is 1. The molecule has 0 unspecified atom stereocenters. The Morgan fingerprint density at radius 1 is 1.00 bits per heavy atom. The van der Waals surface area contributed by atoms with Crippen molar-refractivity contribution in [2.45, 2.75) is 20.8 Å². The maximum Gasteiger partial charge on any atom is 0.266 e. The predicted octanol–water partition coefficient (Wildman–Crippen LogP) is 6.19. The van der Waals surface area contributed by atoms with Gasteiger partial charge in [-0.1, -0.05) is 18.2 Å². The number of nitriles is 1. The number of aryl methyl sites for hydroxylation is 1. The van der Waals surface area contributed by atoms with Crippen LogP contribution in [0.15, 0.2) is 84.6 Å². The molecule has 0 saturated carbocycles. The van der Waals surface area contributed by atoms with Crippen molar-refractivity contribution in [1.82, 2.24) is 9.78 Å². The number of para-hydroxylation sites is 1. The molecule has 0 aliphatic heterocycles. The molecule has 1 amide bonds. The van der Waals surface area contributed by atoms with Crippen LogP contribution in [-0.2, 0) is 4.79 Å². The summed E-state index contributed by atoms with van der Waals surface area (Å²) in [6, 6.07) is 24.5. The number of ether oxygens (including phenoxy) is 2. The lowest BCUT2D eigenvalue weighted by Gasteiger charge is -2.09. The summed E-state index contributed by atoms with van der Waals surface area (Å²) in [5, 5.41) is 17.4. The van der Waals surface area contributed by atoms with E-state index in [2.05, 4.69) is 5.32 Å². The van der Waals surface area contributed by atoms with Crippen LogP contribution >= 0.6 is 0 Å². The second-order valence-corrected chi connectivity index (χ2v) is 8.20. The fourth-order valence-electron chi connectivity index (χ4n) is 3.88. The van der Waals surface area contributed by atoms with Crippen LogP contribution in [0, 0.1) is 18.3 Å². The van der Waals surface area contributed by atoms with Crippen LogP contribution in [-0.4, -0.2) is 28.9 Å². The Hall–Kier alpha value is -4.83. The molecule has 4 rings (SSSR count). The quantitative estimate of drug-likeness (QED) is 0.222. The van der Waals surface area contributed by atoms with Crippen molar-refractivity contribution in [2.75, 3.05) is 18.5 Å². The number of anilines is 1. The molecule has 0 aliphatic carbocycles. The molecule has 1 aromatic heterocycles. The summed E-state index contributed by atoms with van der Waals surface area (Å²) in [5.74, 6) is 0.976. The van der Waals surface area contributed by atoms with Gasteiger partial charge in [-0.3, -0.25) is 4.79 Å². The van der Waals surface area contributed by atoms with Crippen LogP contribution in [0.4, 0.5) is 5.69 Å². The second-order valence-electron chi connectivity index (χ2n) is 8.20. The van der Waals surface area contributed by atoms with Crippen LogP contribution in [0.25, 0.3) is 23.0 Å². The molecule has 0 fully saturated rings. The second kappa shape index (κ2) is 11.7. The molecular formula is C30H28N4O3. The fourth-order valence-corrected chi connectivity index (χ4v) is 3.88. The van der Waals surface area contributed by atoms with E-state index in [9.17, 15) is 10.1 Å². The van der Waals surface area contributed by atoms with Crippen molar-refractivity contribution in [3.8, 4) is 34.5 Å². The van der Waals surface area contributed by atoms with E-state index < -0.39 is 5.91 Å². The molecule has 7 nitrogen and oxygen atoms in total. The van der Waals surface area contributed by atoms with Gasteiger partial charge in [-0.25, -0.2) is 4.68 Å². The summed E-state index contributed by atoms with van der Waals surface area (Å²) in [6.45, 7) is 6.96. The monoisotopic (exact) mass is 492 g/mol. The lowest BCUT2D eigenvalue weighted by molar-refractivity contribution is -0.112. The minimum atomic E-state index is -0.506. The third-order valence-corrected chi connectivity index (χ3v) is 5.62. The normalized spacial score (nSPS) is 11.0. The summed E-state index contributed by atoms with van der Waals surface area (Å²) in [7, 11) is 0. The molecular weight excluding hydrogens is 464 g/mol. The van der Waals surface area contributed by atoms with Crippen molar-refractivity contribution in [1.29, 1.82) is 5.26 Å². The van der Waals surface area contributed by atoms with Crippen LogP contribution in [0.5, 0.6) is 11.5 Å². The van der Waals surface area contributed by atoms with Gasteiger partial charge in [0.05, 0.1) is 18.9 Å². The number of carbonyl (C=O) groups excluding carboxylic acids is 1. The number of nitrogens with zero attached hydrogens (tertiary/aromatic N) is 3. The zero-order chi connectivity index (χ0) is 26.2. The first-order valence-electron chi connectivity index (χ1n) is 12.1. The van der Waals surface area contributed by atoms with E-state index in [1.807, 2.05) is 81.6 Å². The molecule has 3 aromatic carbocycles. The summed E-state index contributed by atoms with van der Waals surface area (Å²) in [6.07, 6.45) is 3.39. The van der Waals surface area contributed by atoms with Gasteiger partial charge >= 0.3 is 0 Å². The Morgan fingerprint density at radius 2 is 1.68 bits per heavy atom. The number of benzene rings is 3. The SMILES string of the molecule is CCOc1ccc(NC(=O)/C(C#N)=C/c2cn(-c3ccccc3)nc2-c2ccc(OCC)cc2C)cc1. The Kier molecular flexibility index (Phi) is 8.01. The molecule has 7 heteroatoms. The lowest BCUT2D eigenvalue weighted by Crippen LogP contribution is -2.13. The van der Waals surface area contributed by atoms with Gasteiger partial charge in [0.15, 0.2) is 0 Å². The molecule has 4 aromatic rings. The maximum atomic E-state index is 13.0. The highest BCUT2D eigenvalue weighted by Gasteiger charge is 2.17. The van der Waals surface area contributed by atoms with Gasteiger partial charge in [-0.05, 0) is 87.0 Å². The van der Waals surface area contributed by atoms with Gasteiger partial charge in [0.1, 0.15) is 28.8 Å². The van der Waals surface area contributed by atoms with Crippen molar-refractivity contribution < 1.29 is 14.3 Å². The first-order chi connectivity index (χ1) is 18.0. The predicted molar refractivity (Wildman–Crippen MR) is 145 cm³/mol. The molecule has 1 N–H and O–H groups in total. The Morgan fingerprint density at radius 3 is 2.32 bits per heavy atom. The molecule has 0 bridgehead atoms. The van der Waals surface area contributed by atoms with Crippen LogP contribution in [0.1, 0.15) is 25.0 Å². The highest BCUT2D eigenvalue weighted by atomic mass is 16.5. The average molecular weight is 493 g/mol. The minimum absolute atomic E-state index is 0.0358. The number of nitrogens with one attached hydrogen (secondary N) is 1. The zero-order valence-electron chi connectivity index (χ0n) is 21.1. The maximum absolute atomic E-state index is 13.0. The smallest absolute Gasteiger partial charge is 0.266 e. The van der Waals surface area contributed by atoms with E-state index in [1.54, 1.807) is 35.0 Å². The van der Waals surface area contributed by atoms with Gasteiger partial charge in [0.25, 0.3) is 5.91 Å². The van der Waals surface area contributed by atoms with Crippen LogP contribution < -0.4 is 14.8 Å². The van der Waals surface area contributed by atoms with E-state index in [0.29, 0.717) is 35.9 Å². The Balaban J connectivity index is 1.71. The van der Waals surface area contributed by atoms with Crippen LogP contribution in [0.3, 0.4) is 0 Å². The van der Waals surface area contributed by atoms with E-state index >= 15 is 0 Å². The van der Waals surface area contributed by atoms with Gasteiger partial charge in [-0.15, -0.1) is 0 Å². The van der Waals surface area contributed by atoms with Crippen molar-refractivity contribution >= 4 is 17.7 Å². The summed E-state index contributed by atoms with van der Waals surface area (Å²) >= 11 is 0. The fraction of sp³-hybridized carbons (Fsp3) is 0.167. The Bertz CT molecular complexity index is 1450. The van der Waals surface area contributed by atoms with Gasteiger partial charge in [-0.2, -0.15) is 10.4 Å². The van der Waals surface area contributed by atoms with Crippen molar-refractivity contribution in [3.05, 3.63) is 95.7 Å². The number of amides is 1. The van der Waals surface area contributed by atoms with Gasteiger partial charge < -0.3 is 14.8 Å². The number of hydrogen-bond donors (Lipinski definition) is 1. The highest BCUT2D eigenvalue weighted by molar-refractivity contribution is 6.10. The summed E-state index contributed by atoms with van der Waals surface area (Å²) in [5.41, 5.74) is 4.55. The molecule has 37 heavy (non-hydrogen) atoms. The van der Waals surface area contributed by atoms with Crippen LogP contribution in [0.2, 0.25) is 0 Å². The standard InChI is InChI=1S/C30H28N4O3/c1-4-36-26-13-11-24(12-14-26)32-30(35)22(19-31)18-23-20-34(25-9-7-6-8-10-25)33-29(23)28-16-15-27(37-5-2)17-21(28)3/h6-18,20H,4-5H2,1-3H3,(H,32,35)/b22-18+. The Labute approximate surface area is 216 Å². The summed E-state index contributed by atoms with van der Waals surface area (Å²) in [4.78, 5) is 13.0. The third-order valence-electron chi connectivity index (χ3n) is 5.62. The molecule has 0 aliphatic rings. The average Bonchev–Trinajstić information content (AvgIpc) is 3.33. The minimum Gasteiger partial charge on any atom is -0.494 e. The lowest BCUT2D eigenvalue weighted by atomic mass is 10.0. The number of hydrogen-bond acceptors (Lipinski definition) is 5. The molecule has 0 spiro atoms. The van der Waals surface area contributed by atoms with Gasteiger partial charge in [0, 0.05) is 23.0 Å². The first kappa shape index (κ1) is 25.3. The largest absolute Gasteiger partial charge is 0.494 e. The summed E-state index contributed by atoms with van der Waals surface area (Å²) < 4.78 is 12.8. The molecule has 0 radical (unpaired) electrons. The zero-order valence-corrected chi connectivity index (χ0v) is 21.1. The highest BCUT2D eigenvalue weighted by Crippen LogP contribution is 2.31. The van der Waals surface area contributed by atoms with Gasteiger partial charge in [0.2, 0.25) is 0 Å². The topological polar surface area (TPSA) is 89.2 Å². The van der Waals surface area contributed by atoms with E-state index in [0.717, 1.165) is 22.6 Å².